The van der Waals surface area contributed by atoms with Gasteiger partial charge in [0.1, 0.15) is 5.01 Å². The summed E-state index contributed by atoms with van der Waals surface area (Å²) in [5.74, 6) is -0.144. The lowest BCUT2D eigenvalue weighted by atomic mass is 10.3. The number of thiophene rings is 1. The quantitative estimate of drug-likeness (QED) is 0.925. The number of aromatic nitrogens is 2. The molecule has 84 valence electrons. The summed E-state index contributed by atoms with van der Waals surface area (Å²) in [6.07, 6.45) is 0. The van der Waals surface area contributed by atoms with Gasteiger partial charge in [-0.2, -0.15) is 0 Å². The third-order valence-electron chi connectivity index (χ3n) is 1.83. The lowest BCUT2D eigenvalue weighted by Gasteiger charge is -1.96. The Balaban J connectivity index is 2.14. The largest absolute Gasteiger partial charge is 0.296 e. The minimum Gasteiger partial charge on any atom is -0.296 e. The Bertz CT molecular complexity index is 515. The number of carbonyl (C=O) groups excluding carboxylic acids is 1. The molecule has 0 bridgehead atoms. The molecule has 1 amide bonds. The van der Waals surface area contributed by atoms with Gasteiger partial charge in [0.2, 0.25) is 5.13 Å². The smallest absolute Gasteiger partial charge is 0.267 e. The predicted molar refractivity (Wildman–Crippen MR) is 69.4 cm³/mol. The van der Waals surface area contributed by atoms with E-state index in [2.05, 4.69) is 31.4 Å². The second kappa shape index (κ2) is 4.60. The van der Waals surface area contributed by atoms with E-state index in [1.54, 1.807) is 0 Å². The maximum atomic E-state index is 11.8. The van der Waals surface area contributed by atoms with Gasteiger partial charge >= 0.3 is 0 Å². The highest BCUT2D eigenvalue weighted by atomic mass is 79.9. The summed E-state index contributed by atoms with van der Waals surface area (Å²) in [5, 5.41) is 11.8. The van der Waals surface area contributed by atoms with Crippen LogP contribution in [0.1, 0.15) is 20.2 Å². The fraction of sp³-hybridized carbons (Fsp3) is 0.222. The Labute approximate surface area is 109 Å². The number of anilines is 1. The molecule has 2 heterocycles. The topological polar surface area (TPSA) is 54.9 Å². The van der Waals surface area contributed by atoms with Crippen LogP contribution in [-0.2, 0) is 0 Å². The molecule has 7 heteroatoms. The van der Waals surface area contributed by atoms with Crippen molar-refractivity contribution >= 4 is 49.6 Å². The summed E-state index contributed by atoms with van der Waals surface area (Å²) in [7, 11) is 0. The standard InChI is InChI=1S/C9H8BrN3OS2/c1-4-3-6(16-7(4)10)8(14)11-9-13-12-5(2)15-9/h3H,1-2H3,(H,11,13,14). The van der Waals surface area contributed by atoms with E-state index in [-0.39, 0.29) is 5.91 Å². The number of hydrogen-bond acceptors (Lipinski definition) is 5. The first kappa shape index (κ1) is 11.7. The lowest BCUT2D eigenvalue weighted by Crippen LogP contribution is -2.09. The molecule has 2 aromatic heterocycles. The van der Waals surface area contributed by atoms with Crippen LogP contribution in [0.4, 0.5) is 5.13 Å². The first-order valence-corrected chi connectivity index (χ1v) is 6.86. The van der Waals surface area contributed by atoms with Crippen LogP contribution < -0.4 is 5.32 Å². The van der Waals surface area contributed by atoms with Crippen molar-refractivity contribution in [1.29, 1.82) is 0 Å². The Kier molecular flexibility index (Phi) is 3.36. The van der Waals surface area contributed by atoms with Crippen LogP contribution in [0, 0.1) is 13.8 Å². The van der Waals surface area contributed by atoms with E-state index in [0.29, 0.717) is 10.0 Å². The van der Waals surface area contributed by atoms with Gasteiger partial charge in [-0.1, -0.05) is 11.3 Å². The van der Waals surface area contributed by atoms with Crippen molar-refractivity contribution < 1.29 is 4.79 Å². The molecule has 16 heavy (non-hydrogen) atoms. The maximum absolute atomic E-state index is 11.8. The number of amides is 1. The summed E-state index contributed by atoms with van der Waals surface area (Å²) in [4.78, 5) is 12.5. The number of hydrogen-bond donors (Lipinski definition) is 1. The summed E-state index contributed by atoms with van der Waals surface area (Å²) < 4.78 is 0.978. The van der Waals surface area contributed by atoms with Crippen LogP contribution in [0.5, 0.6) is 0 Å². The van der Waals surface area contributed by atoms with E-state index in [1.807, 2.05) is 19.9 Å². The summed E-state index contributed by atoms with van der Waals surface area (Å²) in [6, 6.07) is 1.85. The SMILES string of the molecule is Cc1nnc(NC(=O)c2cc(C)c(Br)s2)s1. The van der Waals surface area contributed by atoms with Gasteiger partial charge in [0.15, 0.2) is 0 Å². The van der Waals surface area contributed by atoms with E-state index in [4.69, 9.17) is 0 Å². The number of aryl methyl sites for hydroxylation is 2. The van der Waals surface area contributed by atoms with Crippen LogP contribution in [0.2, 0.25) is 0 Å². The minimum atomic E-state index is -0.144. The zero-order chi connectivity index (χ0) is 11.7. The fourth-order valence-corrected chi connectivity index (χ4v) is 3.09. The van der Waals surface area contributed by atoms with E-state index in [9.17, 15) is 4.79 Å². The first-order chi connectivity index (χ1) is 7.56. The van der Waals surface area contributed by atoms with Crippen molar-refractivity contribution in [3.8, 4) is 0 Å². The van der Waals surface area contributed by atoms with Crippen LogP contribution in [0.3, 0.4) is 0 Å². The van der Waals surface area contributed by atoms with Crippen molar-refractivity contribution in [2.75, 3.05) is 5.32 Å². The van der Waals surface area contributed by atoms with E-state index in [0.717, 1.165) is 14.4 Å². The van der Waals surface area contributed by atoms with Gasteiger partial charge in [-0.05, 0) is 41.4 Å². The Hall–Kier alpha value is -0.790. The van der Waals surface area contributed by atoms with Gasteiger partial charge < -0.3 is 0 Å². The Morgan fingerprint density at radius 2 is 2.12 bits per heavy atom. The molecule has 1 N–H and O–H groups in total. The van der Waals surface area contributed by atoms with Crippen LogP contribution in [0.15, 0.2) is 9.85 Å². The molecule has 0 fully saturated rings. The third kappa shape index (κ3) is 2.47. The van der Waals surface area contributed by atoms with Gasteiger partial charge in [0.25, 0.3) is 5.91 Å². The number of carbonyl (C=O) groups is 1. The minimum absolute atomic E-state index is 0.144. The Morgan fingerprint density at radius 3 is 2.62 bits per heavy atom. The number of nitrogens with zero attached hydrogens (tertiary/aromatic N) is 2. The van der Waals surface area contributed by atoms with Crippen molar-refractivity contribution in [3.05, 3.63) is 25.3 Å². The highest BCUT2D eigenvalue weighted by molar-refractivity contribution is 9.11. The highest BCUT2D eigenvalue weighted by Gasteiger charge is 2.13. The fourth-order valence-electron chi connectivity index (χ4n) is 1.08. The average molecular weight is 318 g/mol. The summed E-state index contributed by atoms with van der Waals surface area (Å²) >= 11 is 6.16. The van der Waals surface area contributed by atoms with E-state index in [1.165, 1.54) is 22.7 Å². The van der Waals surface area contributed by atoms with Crippen molar-refractivity contribution in [1.82, 2.24) is 10.2 Å². The molecule has 0 saturated carbocycles. The number of halogens is 1. The summed E-state index contributed by atoms with van der Waals surface area (Å²) in [6.45, 7) is 3.80. The van der Waals surface area contributed by atoms with Crippen LogP contribution in [-0.4, -0.2) is 16.1 Å². The van der Waals surface area contributed by atoms with Gasteiger partial charge in [0.05, 0.1) is 8.66 Å². The van der Waals surface area contributed by atoms with Crippen LogP contribution in [0.25, 0.3) is 0 Å². The molecule has 4 nitrogen and oxygen atoms in total. The molecule has 2 rings (SSSR count). The molecule has 2 aromatic rings. The van der Waals surface area contributed by atoms with E-state index < -0.39 is 0 Å². The van der Waals surface area contributed by atoms with Gasteiger partial charge in [0, 0.05) is 0 Å². The third-order valence-corrected chi connectivity index (χ3v) is 4.72. The molecule has 0 aromatic carbocycles. The first-order valence-electron chi connectivity index (χ1n) is 4.43. The maximum Gasteiger partial charge on any atom is 0.267 e. The molecule has 0 atom stereocenters. The molecule has 0 saturated heterocycles. The second-order valence-electron chi connectivity index (χ2n) is 3.15. The monoisotopic (exact) mass is 317 g/mol. The highest BCUT2D eigenvalue weighted by Crippen LogP contribution is 2.28. The lowest BCUT2D eigenvalue weighted by molar-refractivity contribution is 0.103. The predicted octanol–water partition coefficient (Wildman–Crippen LogP) is 3.23. The molecule has 0 unspecified atom stereocenters. The molecule has 0 aliphatic rings. The summed E-state index contributed by atoms with van der Waals surface area (Å²) in [5.41, 5.74) is 1.06. The van der Waals surface area contributed by atoms with Crippen molar-refractivity contribution in [3.63, 3.8) is 0 Å². The van der Waals surface area contributed by atoms with Gasteiger partial charge in [-0.25, -0.2) is 0 Å². The molecule has 0 radical (unpaired) electrons. The van der Waals surface area contributed by atoms with Gasteiger partial charge in [-0.15, -0.1) is 21.5 Å². The van der Waals surface area contributed by atoms with Crippen LogP contribution >= 0.6 is 38.6 Å². The molecular formula is C9H8BrN3OS2. The normalized spacial score (nSPS) is 10.4. The molecule has 0 aliphatic heterocycles. The van der Waals surface area contributed by atoms with Crippen molar-refractivity contribution in [2.24, 2.45) is 0 Å². The molecular weight excluding hydrogens is 310 g/mol. The van der Waals surface area contributed by atoms with Crippen molar-refractivity contribution in [2.45, 2.75) is 13.8 Å². The van der Waals surface area contributed by atoms with Gasteiger partial charge in [-0.3, -0.25) is 10.1 Å². The second-order valence-corrected chi connectivity index (χ2v) is 6.70. The van der Waals surface area contributed by atoms with E-state index >= 15 is 0 Å². The Morgan fingerprint density at radius 1 is 1.38 bits per heavy atom. The number of rotatable bonds is 2. The zero-order valence-electron chi connectivity index (χ0n) is 8.57. The zero-order valence-corrected chi connectivity index (χ0v) is 11.8. The average Bonchev–Trinajstić information content (AvgIpc) is 2.75. The molecule has 0 spiro atoms. The molecule has 0 aliphatic carbocycles. The number of nitrogens with one attached hydrogen (secondary N) is 1.